The molecule has 0 aromatic heterocycles. The Bertz CT molecular complexity index is 151. The Hall–Kier alpha value is -0.610. The molecule has 1 atom stereocenters. The average Bonchev–Trinajstić information content (AvgIpc) is 2.09. The molecule has 0 aliphatic rings. The van der Waals surface area contributed by atoms with Crippen molar-refractivity contribution in [2.24, 2.45) is 5.73 Å². The molecular weight excluding hydrogens is 168 g/mol. The normalized spacial score (nSPS) is 13.2. The van der Waals surface area contributed by atoms with E-state index in [0.29, 0.717) is 13.0 Å². The van der Waals surface area contributed by atoms with E-state index in [0.717, 1.165) is 19.4 Å². The summed E-state index contributed by atoms with van der Waals surface area (Å²) in [5.41, 5.74) is 5.35. The van der Waals surface area contributed by atoms with Gasteiger partial charge in [-0.2, -0.15) is 0 Å². The molecule has 0 saturated heterocycles. The van der Waals surface area contributed by atoms with Gasteiger partial charge in [0.15, 0.2) is 0 Å². The van der Waals surface area contributed by atoms with Crippen LogP contribution in [0.3, 0.4) is 0 Å². The number of hydrogen-bond acceptors (Lipinski definition) is 3. The largest absolute Gasteiger partial charge is 0.480 e. The SMILES string of the molecule is CCCC(C(=O)O)N(C)CCCN. The fourth-order valence-corrected chi connectivity index (χ4v) is 1.30. The van der Waals surface area contributed by atoms with E-state index in [4.69, 9.17) is 10.8 Å². The van der Waals surface area contributed by atoms with Gasteiger partial charge in [0, 0.05) is 0 Å². The summed E-state index contributed by atoms with van der Waals surface area (Å²) in [5, 5.41) is 8.90. The number of hydrogen-bond donors (Lipinski definition) is 2. The summed E-state index contributed by atoms with van der Waals surface area (Å²) in [7, 11) is 1.84. The zero-order valence-corrected chi connectivity index (χ0v) is 8.49. The van der Waals surface area contributed by atoms with E-state index in [1.165, 1.54) is 0 Å². The first-order chi connectivity index (χ1) is 6.13. The fraction of sp³-hybridized carbons (Fsp3) is 0.889. The Morgan fingerprint density at radius 1 is 1.62 bits per heavy atom. The van der Waals surface area contributed by atoms with Crippen LogP contribution in [0, 0.1) is 0 Å². The van der Waals surface area contributed by atoms with Crippen molar-refractivity contribution in [1.29, 1.82) is 0 Å². The van der Waals surface area contributed by atoms with Gasteiger partial charge in [0.05, 0.1) is 0 Å². The zero-order chi connectivity index (χ0) is 10.3. The van der Waals surface area contributed by atoms with Crippen molar-refractivity contribution in [3.05, 3.63) is 0 Å². The third kappa shape index (κ3) is 4.85. The van der Waals surface area contributed by atoms with Crippen LogP contribution in [-0.4, -0.2) is 42.2 Å². The molecule has 0 fully saturated rings. The van der Waals surface area contributed by atoms with E-state index in [1.807, 2.05) is 18.9 Å². The molecule has 1 unspecified atom stereocenters. The summed E-state index contributed by atoms with van der Waals surface area (Å²) in [6, 6.07) is -0.350. The number of carboxylic acids is 1. The molecule has 0 amide bonds. The minimum atomic E-state index is -0.735. The van der Waals surface area contributed by atoms with Crippen molar-refractivity contribution in [2.45, 2.75) is 32.2 Å². The van der Waals surface area contributed by atoms with Gasteiger partial charge >= 0.3 is 5.97 Å². The number of aliphatic carboxylic acids is 1. The second kappa shape index (κ2) is 6.86. The lowest BCUT2D eigenvalue weighted by Crippen LogP contribution is -2.39. The first kappa shape index (κ1) is 12.4. The number of nitrogens with zero attached hydrogens (tertiary/aromatic N) is 1. The zero-order valence-electron chi connectivity index (χ0n) is 8.49. The van der Waals surface area contributed by atoms with Crippen molar-refractivity contribution in [3.8, 4) is 0 Å². The summed E-state index contributed by atoms with van der Waals surface area (Å²) < 4.78 is 0. The van der Waals surface area contributed by atoms with E-state index in [9.17, 15) is 4.79 Å². The van der Waals surface area contributed by atoms with Gasteiger partial charge in [-0.25, -0.2) is 0 Å². The highest BCUT2D eigenvalue weighted by Gasteiger charge is 2.20. The Morgan fingerprint density at radius 3 is 2.62 bits per heavy atom. The van der Waals surface area contributed by atoms with Crippen LogP contribution in [0.5, 0.6) is 0 Å². The van der Waals surface area contributed by atoms with Crippen LogP contribution < -0.4 is 5.73 Å². The van der Waals surface area contributed by atoms with Gasteiger partial charge < -0.3 is 10.8 Å². The van der Waals surface area contributed by atoms with Gasteiger partial charge in [-0.3, -0.25) is 9.69 Å². The first-order valence-electron chi connectivity index (χ1n) is 4.76. The van der Waals surface area contributed by atoms with E-state index in [1.54, 1.807) is 0 Å². The molecule has 3 N–H and O–H groups in total. The Labute approximate surface area is 79.7 Å². The molecular formula is C9H20N2O2. The van der Waals surface area contributed by atoms with Crippen LogP contribution >= 0.6 is 0 Å². The van der Waals surface area contributed by atoms with Crippen molar-refractivity contribution < 1.29 is 9.90 Å². The Balaban J connectivity index is 3.95. The predicted octanol–water partition coefficient (Wildman–Crippen LogP) is 0.520. The minimum Gasteiger partial charge on any atom is -0.480 e. The molecule has 0 aliphatic heterocycles. The monoisotopic (exact) mass is 188 g/mol. The van der Waals surface area contributed by atoms with E-state index in [-0.39, 0.29) is 6.04 Å². The van der Waals surface area contributed by atoms with Gasteiger partial charge in [-0.05, 0) is 33.0 Å². The molecule has 0 aliphatic carbocycles. The van der Waals surface area contributed by atoms with E-state index >= 15 is 0 Å². The number of nitrogens with two attached hydrogens (primary N) is 1. The van der Waals surface area contributed by atoms with Crippen LogP contribution in [0.25, 0.3) is 0 Å². The quantitative estimate of drug-likeness (QED) is 0.611. The van der Waals surface area contributed by atoms with Gasteiger partial charge in [-0.15, -0.1) is 0 Å². The van der Waals surface area contributed by atoms with Crippen LogP contribution in [0.1, 0.15) is 26.2 Å². The Morgan fingerprint density at radius 2 is 2.23 bits per heavy atom. The molecule has 0 spiro atoms. The van der Waals surface area contributed by atoms with Crippen molar-refractivity contribution in [3.63, 3.8) is 0 Å². The molecule has 13 heavy (non-hydrogen) atoms. The first-order valence-corrected chi connectivity index (χ1v) is 4.76. The van der Waals surface area contributed by atoms with Gasteiger partial charge in [0.2, 0.25) is 0 Å². The number of rotatable bonds is 7. The molecule has 0 aromatic carbocycles. The van der Waals surface area contributed by atoms with Crippen LogP contribution in [0.2, 0.25) is 0 Å². The van der Waals surface area contributed by atoms with Gasteiger partial charge in [0.1, 0.15) is 6.04 Å². The van der Waals surface area contributed by atoms with Gasteiger partial charge in [-0.1, -0.05) is 13.3 Å². The highest BCUT2D eigenvalue weighted by Crippen LogP contribution is 2.05. The Kier molecular flexibility index (Phi) is 6.54. The second-order valence-electron chi connectivity index (χ2n) is 3.27. The summed E-state index contributed by atoms with van der Waals surface area (Å²) >= 11 is 0. The van der Waals surface area contributed by atoms with Crippen molar-refractivity contribution in [1.82, 2.24) is 4.90 Å². The maximum absolute atomic E-state index is 10.8. The lowest BCUT2D eigenvalue weighted by Gasteiger charge is -2.23. The van der Waals surface area contributed by atoms with Crippen molar-refractivity contribution in [2.75, 3.05) is 20.1 Å². The number of likely N-dealkylation sites (N-methyl/N-ethyl adjacent to an activating group) is 1. The fourth-order valence-electron chi connectivity index (χ4n) is 1.30. The third-order valence-electron chi connectivity index (χ3n) is 2.09. The minimum absolute atomic E-state index is 0.350. The van der Waals surface area contributed by atoms with Crippen molar-refractivity contribution >= 4 is 5.97 Å². The van der Waals surface area contributed by atoms with Crippen LogP contribution in [-0.2, 0) is 4.79 Å². The molecule has 78 valence electrons. The predicted molar refractivity (Wildman–Crippen MR) is 52.6 cm³/mol. The van der Waals surface area contributed by atoms with Crippen LogP contribution in [0.15, 0.2) is 0 Å². The smallest absolute Gasteiger partial charge is 0.320 e. The maximum Gasteiger partial charge on any atom is 0.320 e. The molecule has 4 heteroatoms. The summed E-state index contributed by atoms with van der Waals surface area (Å²) in [6.07, 6.45) is 2.45. The molecule has 0 rings (SSSR count). The lowest BCUT2D eigenvalue weighted by molar-refractivity contribution is -0.143. The molecule has 0 bridgehead atoms. The maximum atomic E-state index is 10.8. The highest BCUT2D eigenvalue weighted by atomic mass is 16.4. The van der Waals surface area contributed by atoms with E-state index in [2.05, 4.69) is 0 Å². The molecule has 4 nitrogen and oxygen atoms in total. The van der Waals surface area contributed by atoms with Gasteiger partial charge in [0.25, 0.3) is 0 Å². The van der Waals surface area contributed by atoms with Crippen LogP contribution in [0.4, 0.5) is 0 Å². The second-order valence-corrected chi connectivity index (χ2v) is 3.27. The summed E-state index contributed by atoms with van der Waals surface area (Å²) in [6.45, 7) is 3.36. The topological polar surface area (TPSA) is 66.6 Å². The highest BCUT2D eigenvalue weighted by molar-refractivity contribution is 5.73. The number of carbonyl (C=O) groups is 1. The number of carboxylic acid groups (broad SMARTS) is 1. The van der Waals surface area contributed by atoms with E-state index < -0.39 is 5.97 Å². The molecule has 0 aromatic rings. The summed E-state index contributed by atoms with van der Waals surface area (Å²) in [4.78, 5) is 12.7. The molecule has 0 radical (unpaired) electrons. The average molecular weight is 188 g/mol. The molecule has 0 saturated carbocycles. The summed E-state index contributed by atoms with van der Waals surface area (Å²) in [5.74, 6) is -0.735. The molecule has 0 heterocycles. The lowest BCUT2D eigenvalue weighted by atomic mass is 10.1. The third-order valence-corrected chi connectivity index (χ3v) is 2.09. The standard InChI is InChI=1S/C9H20N2O2/c1-3-5-8(9(12)13)11(2)7-4-6-10/h8H,3-7,10H2,1-2H3,(H,12,13).